The van der Waals surface area contributed by atoms with Gasteiger partial charge < -0.3 is 34.4 Å². The Kier molecular flexibility index (Phi) is 4.13. The van der Waals surface area contributed by atoms with Crippen molar-refractivity contribution in [3.05, 3.63) is 30.3 Å². The van der Waals surface area contributed by atoms with Crippen LogP contribution in [0.25, 0.3) is 0 Å². The Morgan fingerprint density at radius 3 is 1.63 bits per heavy atom. The van der Waals surface area contributed by atoms with Gasteiger partial charge in [-0.2, -0.15) is 0 Å². The molecule has 0 saturated carbocycles. The molecule has 0 aliphatic carbocycles. The predicted molar refractivity (Wildman–Crippen MR) is 55.8 cm³/mol. The maximum Gasteiger partial charge on any atom is 0.206 e. The normalized spacial score (nSPS) is 14.4. The van der Waals surface area contributed by atoms with Crippen LogP contribution in [0.5, 0.6) is 0 Å². The molecule has 0 spiro atoms. The lowest BCUT2D eigenvalue weighted by Gasteiger charge is -2.55. The Balaban J connectivity index is 3.72. The molecule has 0 radical (unpaired) electrons. The summed E-state index contributed by atoms with van der Waals surface area (Å²) in [5, 5.41) is 0. The van der Waals surface area contributed by atoms with Gasteiger partial charge in [0.2, 0.25) is 9.84 Å². The molecule has 0 aliphatic heterocycles. The highest BCUT2D eigenvalue weighted by Crippen LogP contribution is 2.61. The molecule has 1 aromatic carbocycles. The molecule has 108 valence electrons. The molecule has 0 atom stereocenters. The van der Waals surface area contributed by atoms with Gasteiger partial charge in [0.1, 0.15) is 0 Å². The van der Waals surface area contributed by atoms with E-state index in [4.69, 9.17) is 5.73 Å². The molecular formula is C7H7NO8P2S-4. The van der Waals surface area contributed by atoms with Crippen LogP contribution in [0.2, 0.25) is 0 Å². The van der Waals surface area contributed by atoms with Crippen molar-refractivity contribution in [2.45, 2.75) is 9.25 Å². The first-order chi connectivity index (χ1) is 8.36. The topological polar surface area (TPSA) is 187 Å². The number of sulfone groups is 1. The SMILES string of the molecule is NC(P(=O)([O-])[O-])(P(=O)([O-])[O-])S(=O)(=O)c1ccccc1. The van der Waals surface area contributed by atoms with E-state index in [1.165, 1.54) is 6.07 Å². The average Bonchev–Trinajstić information content (AvgIpc) is 2.26. The van der Waals surface area contributed by atoms with Gasteiger partial charge in [0.05, 0.1) is 4.90 Å². The molecule has 12 heteroatoms. The van der Waals surface area contributed by atoms with E-state index in [-0.39, 0.29) is 0 Å². The van der Waals surface area contributed by atoms with E-state index in [0.29, 0.717) is 0 Å². The van der Waals surface area contributed by atoms with Crippen LogP contribution in [0.3, 0.4) is 0 Å². The highest BCUT2D eigenvalue weighted by Gasteiger charge is 2.47. The first kappa shape index (κ1) is 16.5. The maximum atomic E-state index is 11.9. The van der Waals surface area contributed by atoms with Gasteiger partial charge in [-0.25, -0.2) is 8.42 Å². The quantitative estimate of drug-likeness (QED) is 0.557. The van der Waals surface area contributed by atoms with E-state index in [2.05, 4.69) is 0 Å². The minimum atomic E-state index is -6.49. The number of hydrogen-bond acceptors (Lipinski definition) is 9. The van der Waals surface area contributed by atoms with E-state index >= 15 is 0 Å². The van der Waals surface area contributed by atoms with Crippen molar-refractivity contribution >= 4 is 25.0 Å². The molecule has 2 N–H and O–H groups in total. The predicted octanol–water partition coefficient (Wildman–Crippen LogP) is -3.14. The minimum absolute atomic E-state index is 0.808. The third-order valence-corrected chi connectivity index (χ3v) is 9.74. The van der Waals surface area contributed by atoms with Crippen molar-refractivity contribution in [2.75, 3.05) is 0 Å². The molecule has 9 nitrogen and oxygen atoms in total. The Hall–Kier alpha value is -0.570. The summed E-state index contributed by atoms with van der Waals surface area (Å²) in [7, 11) is -18.4. The summed E-state index contributed by atoms with van der Waals surface area (Å²) in [4.78, 5) is 42.8. The summed E-state index contributed by atoms with van der Waals surface area (Å²) in [6.45, 7) is 0. The summed E-state index contributed by atoms with van der Waals surface area (Å²) >= 11 is 0. The van der Waals surface area contributed by atoms with Crippen molar-refractivity contribution in [3.8, 4) is 0 Å². The van der Waals surface area contributed by atoms with Crippen LogP contribution in [0.4, 0.5) is 0 Å². The third-order valence-electron chi connectivity index (χ3n) is 2.23. The van der Waals surface area contributed by atoms with Crippen LogP contribution < -0.4 is 25.3 Å². The highest BCUT2D eigenvalue weighted by molar-refractivity contribution is 8.07. The van der Waals surface area contributed by atoms with Crippen LogP contribution in [-0.2, 0) is 19.0 Å². The largest absolute Gasteiger partial charge is 0.808 e. The van der Waals surface area contributed by atoms with Gasteiger partial charge in [0.15, 0.2) is 4.35 Å². The Labute approximate surface area is 108 Å². The van der Waals surface area contributed by atoms with Crippen LogP contribution in [-0.4, -0.2) is 12.8 Å². The van der Waals surface area contributed by atoms with Gasteiger partial charge in [0.25, 0.3) is 0 Å². The standard InChI is InChI=1S/C7H11NO8P2S/c8-7(17(9,10)11,18(12,13)14)19(15,16)6-4-2-1-3-5-6/h1-5H,8H2,(H2,9,10,11)(H2,12,13,14)/p-4. The summed E-state index contributed by atoms with van der Waals surface area (Å²) in [5.41, 5.74) is 4.70. The van der Waals surface area contributed by atoms with E-state index in [1.54, 1.807) is 0 Å². The van der Waals surface area contributed by atoms with E-state index in [0.717, 1.165) is 24.3 Å². The summed E-state index contributed by atoms with van der Waals surface area (Å²) in [5.74, 6) is 0. The van der Waals surface area contributed by atoms with E-state index in [9.17, 15) is 37.1 Å². The zero-order chi connectivity index (χ0) is 15.1. The zero-order valence-corrected chi connectivity index (χ0v) is 11.6. The summed E-state index contributed by atoms with van der Waals surface area (Å²) in [6.07, 6.45) is 0. The van der Waals surface area contributed by atoms with Gasteiger partial charge >= 0.3 is 0 Å². The Bertz CT molecular complexity index is 638. The van der Waals surface area contributed by atoms with Crippen LogP contribution in [0, 0.1) is 0 Å². The highest BCUT2D eigenvalue weighted by atomic mass is 32.2. The van der Waals surface area contributed by atoms with Crippen LogP contribution in [0.15, 0.2) is 35.2 Å². The molecular weight excluding hydrogens is 320 g/mol. The lowest BCUT2D eigenvalue weighted by molar-refractivity contribution is -0.331. The lowest BCUT2D eigenvalue weighted by atomic mass is 10.4. The molecule has 0 saturated heterocycles. The molecule has 0 aromatic heterocycles. The molecule has 0 amide bonds. The Morgan fingerprint density at radius 2 is 1.32 bits per heavy atom. The lowest BCUT2D eigenvalue weighted by Crippen LogP contribution is -2.57. The van der Waals surface area contributed by atoms with Gasteiger partial charge in [-0.05, 0) is 27.3 Å². The summed E-state index contributed by atoms with van der Waals surface area (Å²) in [6, 6.07) is 5.23. The molecule has 0 fully saturated rings. The fourth-order valence-electron chi connectivity index (χ4n) is 1.22. The fraction of sp³-hybridized carbons (Fsp3) is 0.143. The summed E-state index contributed by atoms with van der Waals surface area (Å²) < 4.78 is 41.1. The molecule has 0 heterocycles. The Morgan fingerprint density at radius 1 is 0.947 bits per heavy atom. The van der Waals surface area contributed by atoms with Gasteiger partial charge in [-0.3, -0.25) is 0 Å². The van der Waals surface area contributed by atoms with Crippen molar-refractivity contribution in [1.82, 2.24) is 0 Å². The van der Waals surface area contributed by atoms with Crippen LogP contribution >= 0.6 is 15.2 Å². The minimum Gasteiger partial charge on any atom is -0.808 e. The fourth-order valence-corrected chi connectivity index (χ4v) is 6.27. The van der Waals surface area contributed by atoms with Crippen molar-refractivity contribution in [3.63, 3.8) is 0 Å². The number of nitrogens with two attached hydrogens (primary N) is 1. The van der Waals surface area contributed by atoms with Crippen molar-refractivity contribution in [1.29, 1.82) is 0 Å². The smallest absolute Gasteiger partial charge is 0.206 e. The number of benzene rings is 1. The molecule has 0 unspecified atom stereocenters. The van der Waals surface area contributed by atoms with Crippen LogP contribution in [0.1, 0.15) is 0 Å². The van der Waals surface area contributed by atoms with E-state index < -0.39 is 34.3 Å². The molecule has 19 heavy (non-hydrogen) atoms. The average molecular weight is 327 g/mol. The number of hydrogen-bond donors (Lipinski definition) is 1. The second-order valence-electron chi connectivity index (χ2n) is 3.47. The van der Waals surface area contributed by atoms with Gasteiger partial charge in [0, 0.05) is 0 Å². The monoisotopic (exact) mass is 327 g/mol. The maximum absolute atomic E-state index is 11.9. The van der Waals surface area contributed by atoms with Crippen molar-refractivity contribution in [2.24, 2.45) is 5.73 Å². The zero-order valence-electron chi connectivity index (χ0n) is 9.03. The second kappa shape index (κ2) is 4.76. The first-order valence-electron chi connectivity index (χ1n) is 4.48. The van der Waals surface area contributed by atoms with Gasteiger partial charge in [-0.15, -0.1) is 0 Å². The van der Waals surface area contributed by atoms with E-state index in [1.807, 2.05) is 0 Å². The molecule has 0 aliphatic rings. The molecule has 1 aromatic rings. The van der Waals surface area contributed by atoms with Crippen molar-refractivity contribution < 1.29 is 37.1 Å². The first-order valence-corrected chi connectivity index (χ1v) is 9.05. The second-order valence-corrected chi connectivity index (χ2v) is 9.95. The number of rotatable bonds is 4. The van der Waals surface area contributed by atoms with Gasteiger partial charge in [-0.1, -0.05) is 18.2 Å². The molecule has 0 bridgehead atoms. The molecule has 1 rings (SSSR count). The third kappa shape index (κ3) is 2.54.